The molecule has 1 rings (SSSR count). The summed E-state index contributed by atoms with van der Waals surface area (Å²) >= 11 is 0. The number of carbonyl (C=O) groups excluding carboxylic acids is 1. The minimum atomic E-state index is -4.49. The van der Waals surface area contributed by atoms with E-state index in [1.54, 1.807) is 25.1 Å². The summed E-state index contributed by atoms with van der Waals surface area (Å²) in [4.78, 5) is 11.8. The van der Waals surface area contributed by atoms with Crippen LogP contribution in [0.1, 0.15) is 19.4 Å². The van der Waals surface area contributed by atoms with E-state index in [2.05, 4.69) is 10.1 Å². The summed E-state index contributed by atoms with van der Waals surface area (Å²) in [6.07, 6.45) is -7.72. The number of anilines is 2. The monoisotopic (exact) mass is 290 g/mol. The van der Waals surface area contributed by atoms with Crippen LogP contribution in [0.15, 0.2) is 18.2 Å². The summed E-state index contributed by atoms with van der Waals surface area (Å²) in [5.74, 6) is -0.644. The van der Waals surface area contributed by atoms with Crippen LogP contribution in [-0.2, 0) is 9.53 Å². The standard InChI is InChI=1S/C13H17F3N2O2/c1-7-6-10(17)4-5-11(7)18-12(19)8(2)20-9(3)13(14,15)16/h4-6,8-9H,17H2,1-3H3,(H,18,19). The summed E-state index contributed by atoms with van der Waals surface area (Å²) in [5, 5.41) is 2.51. The van der Waals surface area contributed by atoms with Crippen molar-refractivity contribution in [2.75, 3.05) is 11.1 Å². The van der Waals surface area contributed by atoms with E-state index in [-0.39, 0.29) is 0 Å². The predicted octanol–water partition coefficient (Wildman–Crippen LogP) is 2.87. The number of benzene rings is 1. The largest absolute Gasteiger partial charge is 0.414 e. The van der Waals surface area contributed by atoms with Crippen LogP contribution in [0.25, 0.3) is 0 Å². The Morgan fingerprint density at radius 3 is 2.45 bits per heavy atom. The Balaban J connectivity index is 2.66. The van der Waals surface area contributed by atoms with Crippen LogP contribution in [0, 0.1) is 6.92 Å². The van der Waals surface area contributed by atoms with Crippen molar-refractivity contribution in [3.05, 3.63) is 23.8 Å². The Bertz CT molecular complexity index is 489. The van der Waals surface area contributed by atoms with Crippen LogP contribution in [0.4, 0.5) is 24.5 Å². The highest BCUT2D eigenvalue weighted by atomic mass is 19.4. The average Bonchev–Trinajstić information content (AvgIpc) is 2.31. The number of hydrogen-bond donors (Lipinski definition) is 2. The first kappa shape index (κ1) is 16.3. The fourth-order valence-corrected chi connectivity index (χ4v) is 1.51. The SMILES string of the molecule is Cc1cc(N)ccc1NC(=O)C(C)OC(C)C(F)(F)F. The molecule has 4 nitrogen and oxygen atoms in total. The molecular formula is C13H17F3N2O2. The van der Waals surface area contributed by atoms with Gasteiger partial charge in [0, 0.05) is 11.4 Å². The van der Waals surface area contributed by atoms with Crippen LogP contribution in [0.5, 0.6) is 0 Å². The quantitative estimate of drug-likeness (QED) is 0.838. The van der Waals surface area contributed by atoms with Gasteiger partial charge in [-0.1, -0.05) is 0 Å². The molecule has 0 aromatic heterocycles. The number of rotatable bonds is 4. The Labute approximate surface area is 115 Å². The minimum absolute atomic E-state index is 0.485. The van der Waals surface area contributed by atoms with Gasteiger partial charge in [-0.15, -0.1) is 0 Å². The number of nitrogen functional groups attached to an aromatic ring is 1. The molecule has 1 amide bonds. The number of hydrogen-bond acceptors (Lipinski definition) is 3. The zero-order chi connectivity index (χ0) is 15.5. The molecule has 0 fully saturated rings. The van der Waals surface area contributed by atoms with E-state index in [0.717, 1.165) is 12.5 Å². The lowest BCUT2D eigenvalue weighted by atomic mass is 10.1. The Morgan fingerprint density at radius 2 is 1.95 bits per heavy atom. The fourth-order valence-electron chi connectivity index (χ4n) is 1.51. The number of amides is 1. The second-order valence-corrected chi connectivity index (χ2v) is 4.53. The van der Waals surface area contributed by atoms with Crippen molar-refractivity contribution in [3.63, 3.8) is 0 Å². The van der Waals surface area contributed by atoms with E-state index in [1.807, 2.05) is 0 Å². The molecule has 20 heavy (non-hydrogen) atoms. The Hall–Kier alpha value is -1.76. The number of nitrogens with one attached hydrogen (secondary N) is 1. The van der Waals surface area contributed by atoms with E-state index in [4.69, 9.17) is 5.73 Å². The molecule has 0 spiro atoms. The predicted molar refractivity (Wildman–Crippen MR) is 70.3 cm³/mol. The van der Waals surface area contributed by atoms with Crippen molar-refractivity contribution in [3.8, 4) is 0 Å². The molecule has 3 N–H and O–H groups in total. The first-order valence-corrected chi connectivity index (χ1v) is 6.00. The molecule has 7 heteroatoms. The maximum Gasteiger partial charge on any atom is 0.414 e. The number of carbonyl (C=O) groups is 1. The van der Waals surface area contributed by atoms with Crippen molar-refractivity contribution >= 4 is 17.3 Å². The normalized spacial score (nSPS) is 14.7. The summed E-state index contributed by atoms with van der Waals surface area (Å²) in [5.41, 5.74) is 7.31. The molecular weight excluding hydrogens is 273 g/mol. The zero-order valence-electron chi connectivity index (χ0n) is 11.4. The molecule has 0 radical (unpaired) electrons. The Kier molecular flexibility index (Phi) is 4.99. The molecule has 0 aliphatic carbocycles. The molecule has 112 valence electrons. The second kappa shape index (κ2) is 6.13. The van der Waals surface area contributed by atoms with E-state index in [9.17, 15) is 18.0 Å². The van der Waals surface area contributed by atoms with Gasteiger partial charge >= 0.3 is 6.18 Å². The van der Waals surface area contributed by atoms with Crippen molar-refractivity contribution in [2.45, 2.75) is 39.2 Å². The minimum Gasteiger partial charge on any atom is -0.399 e. The van der Waals surface area contributed by atoms with Crippen molar-refractivity contribution < 1.29 is 22.7 Å². The van der Waals surface area contributed by atoms with Gasteiger partial charge in [0.05, 0.1) is 0 Å². The number of aryl methyl sites for hydroxylation is 1. The highest BCUT2D eigenvalue weighted by Crippen LogP contribution is 2.24. The van der Waals surface area contributed by atoms with Gasteiger partial charge in [0.25, 0.3) is 5.91 Å². The van der Waals surface area contributed by atoms with E-state index in [1.165, 1.54) is 6.92 Å². The number of halogens is 3. The molecule has 0 aliphatic heterocycles. The maximum atomic E-state index is 12.3. The number of nitrogens with two attached hydrogens (primary N) is 1. The molecule has 0 heterocycles. The van der Waals surface area contributed by atoms with Gasteiger partial charge < -0.3 is 15.8 Å². The molecule has 2 atom stereocenters. The molecule has 0 saturated heterocycles. The molecule has 0 aliphatic rings. The lowest BCUT2D eigenvalue weighted by Gasteiger charge is -2.21. The van der Waals surface area contributed by atoms with Gasteiger partial charge in [-0.2, -0.15) is 13.2 Å². The summed E-state index contributed by atoms with van der Waals surface area (Å²) in [6.45, 7) is 3.86. The number of alkyl halides is 3. The smallest absolute Gasteiger partial charge is 0.399 e. The van der Waals surface area contributed by atoms with Gasteiger partial charge in [-0.05, 0) is 44.5 Å². The summed E-state index contributed by atoms with van der Waals surface area (Å²) in [7, 11) is 0. The van der Waals surface area contributed by atoms with E-state index in [0.29, 0.717) is 11.4 Å². The van der Waals surface area contributed by atoms with Gasteiger partial charge in [-0.25, -0.2) is 0 Å². The lowest BCUT2D eigenvalue weighted by molar-refractivity contribution is -0.223. The van der Waals surface area contributed by atoms with Crippen molar-refractivity contribution in [1.82, 2.24) is 0 Å². The number of ether oxygens (including phenoxy) is 1. The van der Waals surface area contributed by atoms with Crippen LogP contribution < -0.4 is 11.1 Å². The third-order valence-electron chi connectivity index (χ3n) is 2.75. The van der Waals surface area contributed by atoms with Gasteiger partial charge in [0.2, 0.25) is 0 Å². The molecule has 1 aromatic carbocycles. The van der Waals surface area contributed by atoms with Gasteiger partial charge in [0.15, 0.2) is 6.10 Å². The lowest BCUT2D eigenvalue weighted by Crippen LogP contribution is -2.37. The molecule has 1 aromatic rings. The highest BCUT2D eigenvalue weighted by Gasteiger charge is 2.38. The molecule has 2 unspecified atom stereocenters. The topological polar surface area (TPSA) is 64.3 Å². The second-order valence-electron chi connectivity index (χ2n) is 4.53. The Morgan fingerprint density at radius 1 is 1.35 bits per heavy atom. The van der Waals surface area contributed by atoms with Crippen LogP contribution >= 0.6 is 0 Å². The van der Waals surface area contributed by atoms with Crippen molar-refractivity contribution in [1.29, 1.82) is 0 Å². The van der Waals surface area contributed by atoms with Crippen LogP contribution in [0.2, 0.25) is 0 Å². The van der Waals surface area contributed by atoms with Crippen LogP contribution in [0.3, 0.4) is 0 Å². The fraction of sp³-hybridized carbons (Fsp3) is 0.462. The van der Waals surface area contributed by atoms with E-state index < -0.39 is 24.3 Å². The molecule has 0 bridgehead atoms. The van der Waals surface area contributed by atoms with Crippen LogP contribution in [-0.4, -0.2) is 24.3 Å². The van der Waals surface area contributed by atoms with Gasteiger partial charge in [0.1, 0.15) is 6.10 Å². The van der Waals surface area contributed by atoms with Crippen molar-refractivity contribution in [2.24, 2.45) is 0 Å². The maximum absolute atomic E-state index is 12.3. The zero-order valence-corrected chi connectivity index (χ0v) is 11.4. The average molecular weight is 290 g/mol. The first-order valence-electron chi connectivity index (χ1n) is 6.00. The summed E-state index contributed by atoms with van der Waals surface area (Å²) < 4.78 is 41.7. The van der Waals surface area contributed by atoms with E-state index >= 15 is 0 Å². The summed E-state index contributed by atoms with van der Waals surface area (Å²) in [6, 6.07) is 4.83. The first-order chi connectivity index (χ1) is 9.11. The molecule has 0 saturated carbocycles. The third kappa shape index (κ3) is 4.41. The van der Waals surface area contributed by atoms with Gasteiger partial charge in [-0.3, -0.25) is 4.79 Å². The third-order valence-corrected chi connectivity index (χ3v) is 2.75. The highest BCUT2D eigenvalue weighted by molar-refractivity contribution is 5.94.